The molecule has 0 fully saturated rings. The molecule has 0 spiro atoms. The second-order valence-corrected chi connectivity index (χ2v) is 5.39. The molecule has 5 nitrogen and oxygen atoms in total. The van der Waals surface area contributed by atoms with Crippen LogP contribution in [0.1, 0.15) is 22.3 Å². The van der Waals surface area contributed by atoms with Crippen molar-refractivity contribution in [2.75, 3.05) is 28.4 Å². The van der Waals surface area contributed by atoms with E-state index < -0.39 is 0 Å². The number of ether oxygens (including phenoxy) is 3. The molecule has 1 unspecified atom stereocenters. The van der Waals surface area contributed by atoms with Crippen molar-refractivity contribution >= 4 is 11.3 Å². The summed E-state index contributed by atoms with van der Waals surface area (Å²) in [6.07, 6.45) is 0. The van der Waals surface area contributed by atoms with E-state index in [1.165, 1.54) is 0 Å². The Morgan fingerprint density at radius 3 is 2.14 bits per heavy atom. The third-order valence-electron chi connectivity index (χ3n) is 3.22. The minimum absolute atomic E-state index is 0.0570. The van der Waals surface area contributed by atoms with Gasteiger partial charge in [-0.1, -0.05) is 0 Å². The Bertz CT molecular complexity index is 613. The van der Waals surface area contributed by atoms with Gasteiger partial charge < -0.3 is 19.5 Å². The molecule has 0 amide bonds. The van der Waals surface area contributed by atoms with Crippen LogP contribution in [0.25, 0.3) is 0 Å². The fraction of sp³-hybridized carbons (Fsp3) is 0.400. The first-order chi connectivity index (χ1) is 10.1. The first-order valence-corrected chi connectivity index (χ1v) is 7.41. The van der Waals surface area contributed by atoms with Gasteiger partial charge >= 0.3 is 0 Å². The summed E-state index contributed by atoms with van der Waals surface area (Å²) in [4.78, 5) is 4.56. The Kier molecular flexibility index (Phi) is 5.03. The summed E-state index contributed by atoms with van der Waals surface area (Å²) in [5.41, 5.74) is 1.97. The quantitative estimate of drug-likeness (QED) is 0.889. The number of rotatable bonds is 6. The van der Waals surface area contributed by atoms with Crippen LogP contribution < -0.4 is 19.5 Å². The lowest BCUT2D eigenvalue weighted by molar-refractivity contribution is 0.346. The number of benzene rings is 1. The van der Waals surface area contributed by atoms with E-state index in [2.05, 4.69) is 10.3 Å². The SMILES string of the molecule is CNC(c1nc(C)cs1)c1cc(OC)c(OC)cc1OC. The minimum Gasteiger partial charge on any atom is -0.496 e. The first kappa shape index (κ1) is 15.6. The van der Waals surface area contributed by atoms with E-state index in [1.54, 1.807) is 32.7 Å². The fourth-order valence-corrected chi connectivity index (χ4v) is 3.12. The summed E-state index contributed by atoms with van der Waals surface area (Å²) >= 11 is 1.62. The molecular formula is C15H20N2O3S. The molecule has 1 heterocycles. The number of aromatic nitrogens is 1. The molecule has 0 radical (unpaired) electrons. The average molecular weight is 308 g/mol. The minimum atomic E-state index is -0.0570. The van der Waals surface area contributed by atoms with E-state index in [1.807, 2.05) is 31.5 Å². The smallest absolute Gasteiger partial charge is 0.164 e. The van der Waals surface area contributed by atoms with Gasteiger partial charge in [-0.05, 0) is 20.0 Å². The summed E-state index contributed by atoms with van der Waals surface area (Å²) in [6, 6.07) is 3.70. The standard InChI is InChI=1S/C15H20N2O3S/c1-9-8-21-15(17-9)14(16-2)10-6-12(19-4)13(20-5)7-11(10)18-3/h6-8,14,16H,1-5H3. The number of hydrogen-bond donors (Lipinski definition) is 1. The van der Waals surface area contributed by atoms with Crippen LogP contribution in [0.3, 0.4) is 0 Å². The van der Waals surface area contributed by atoms with Crippen molar-refractivity contribution in [2.24, 2.45) is 0 Å². The largest absolute Gasteiger partial charge is 0.496 e. The number of thiazole rings is 1. The van der Waals surface area contributed by atoms with Gasteiger partial charge in [0.05, 0.1) is 27.4 Å². The maximum atomic E-state index is 5.50. The predicted octanol–water partition coefficient (Wildman–Crippen LogP) is 2.79. The van der Waals surface area contributed by atoms with Gasteiger partial charge in [0.1, 0.15) is 10.8 Å². The highest BCUT2D eigenvalue weighted by Crippen LogP contribution is 2.39. The summed E-state index contributed by atoms with van der Waals surface area (Å²) in [7, 11) is 6.77. The third-order valence-corrected chi connectivity index (χ3v) is 4.25. The molecule has 1 atom stereocenters. The number of aryl methyl sites for hydroxylation is 1. The number of nitrogens with one attached hydrogen (secondary N) is 1. The van der Waals surface area contributed by atoms with Gasteiger partial charge in [0.15, 0.2) is 11.5 Å². The molecule has 0 aliphatic carbocycles. The molecule has 21 heavy (non-hydrogen) atoms. The van der Waals surface area contributed by atoms with Crippen LogP contribution in [0, 0.1) is 6.92 Å². The highest BCUT2D eigenvalue weighted by atomic mass is 32.1. The maximum Gasteiger partial charge on any atom is 0.164 e. The maximum absolute atomic E-state index is 5.50. The molecule has 1 aromatic carbocycles. The van der Waals surface area contributed by atoms with Crippen molar-refractivity contribution in [3.05, 3.63) is 33.8 Å². The summed E-state index contributed by atoms with van der Waals surface area (Å²) in [5, 5.41) is 6.30. The van der Waals surface area contributed by atoms with Crippen LogP contribution in [-0.2, 0) is 0 Å². The van der Waals surface area contributed by atoms with E-state index in [-0.39, 0.29) is 6.04 Å². The lowest BCUT2D eigenvalue weighted by Crippen LogP contribution is -2.18. The number of nitrogens with zero attached hydrogens (tertiary/aromatic N) is 1. The summed E-state index contributed by atoms with van der Waals surface area (Å²) < 4.78 is 16.2. The molecule has 114 valence electrons. The molecule has 1 N–H and O–H groups in total. The normalized spacial score (nSPS) is 12.0. The molecule has 0 saturated heterocycles. The molecule has 0 bridgehead atoms. The van der Waals surface area contributed by atoms with Gasteiger partial charge in [-0.2, -0.15) is 0 Å². The second-order valence-electron chi connectivity index (χ2n) is 4.50. The molecule has 2 rings (SSSR count). The van der Waals surface area contributed by atoms with Gasteiger partial charge in [0.2, 0.25) is 0 Å². The van der Waals surface area contributed by atoms with Crippen LogP contribution in [-0.4, -0.2) is 33.4 Å². The molecular weight excluding hydrogens is 288 g/mol. The van der Waals surface area contributed by atoms with E-state index in [0.717, 1.165) is 22.0 Å². The number of methoxy groups -OCH3 is 3. The Morgan fingerprint density at radius 2 is 1.67 bits per heavy atom. The zero-order valence-electron chi connectivity index (χ0n) is 12.9. The highest BCUT2D eigenvalue weighted by Gasteiger charge is 2.22. The topological polar surface area (TPSA) is 52.6 Å². The lowest BCUT2D eigenvalue weighted by Gasteiger charge is -2.19. The molecule has 1 aromatic heterocycles. The van der Waals surface area contributed by atoms with E-state index >= 15 is 0 Å². The molecule has 0 saturated carbocycles. The summed E-state index contributed by atoms with van der Waals surface area (Å²) in [6.45, 7) is 1.98. The summed E-state index contributed by atoms with van der Waals surface area (Å²) in [5.74, 6) is 2.05. The van der Waals surface area contributed by atoms with Crippen molar-refractivity contribution in [3.8, 4) is 17.2 Å². The highest BCUT2D eigenvalue weighted by molar-refractivity contribution is 7.09. The fourth-order valence-electron chi connectivity index (χ4n) is 2.20. The van der Waals surface area contributed by atoms with E-state index in [4.69, 9.17) is 14.2 Å². The van der Waals surface area contributed by atoms with Crippen LogP contribution in [0.5, 0.6) is 17.2 Å². The predicted molar refractivity (Wildman–Crippen MR) is 83.9 cm³/mol. The van der Waals surface area contributed by atoms with Gasteiger partial charge in [0, 0.05) is 22.7 Å². The first-order valence-electron chi connectivity index (χ1n) is 6.53. The molecule has 0 aliphatic heterocycles. The number of hydrogen-bond acceptors (Lipinski definition) is 6. The van der Waals surface area contributed by atoms with Crippen molar-refractivity contribution in [1.82, 2.24) is 10.3 Å². The zero-order valence-corrected chi connectivity index (χ0v) is 13.7. The second kappa shape index (κ2) is 6.78. The monoisotopic (exact) mass is 308 g/mol. The van der Waals surface area contributed by atoms with Gasteiger partial charge in [-0.3, -0.25) is 0 Å². The van der Waals surface area contributed by atoms with Crippen molar-refractivity contribution in [3.63, 3.8) is 0 Å². The van der Waals surface area contributed by atoms with Crippen LogP contribution in [0.15, 0.2) is 17.5 Å². The molecule has 2 aromatic rings. The van der Waals surface area contributed by atoms with Crippen molar-refractivity contribution < 1.29 is 14.2 Å². The lowest BCUT2D eigenvalue weighted by atomic mass is 10.1. The van der Waals surface area contributed by atoms with E-state index in [0.29, 0.717) is 11.5 Å². The van der Waals surface area contributed by atoms with Crippen molar-refractivity contribution in [1.29, 1.82) is 0 Å². The van der Waals surface area contributed by atoms with Crippen LogP contribution >= 0.6 is 11.3 Å². The average Bonchev–Trinajstić information content (AvgIpc) is 2.93. The Morgan fingerprint density at radius 1 is 1.05 bits per heavy atom. The van der Waals surface area contributed by atoms with Crippen molar-refractivity contribution in [2.45, 2.75) is 13.0 Å². The van der Waals surface area contributed by atoms with Gasteiger partial charge in [-0.25, -0.2) is 4.98 Å². The molecule has 0 aliphatic rings. The zero-order chi connectivity index (χ0) is 15.4. The van der Waals surface area contributed by atoms with Crippen LogP contribution in [0.4, 0.5) is 0 Å². The third kappa shape index (κ3) is 3.11. The van der Waals surface area contributed by atoms with E-state index in [9.17, 15) is 0 Å². The van der Waals surface area contributed by atoms with Gasteiger partial charge in [-0.15, -0.1) is 11.3 Å². The van der Waals surface area contributed by atoms with Crippen LogP contribution in [0.2, 0.25) is 0 Å². The Hall–Kier alpha value is -1.79. The van der Waals surface area contributed by atoms with Gasteiger partial charge in [0.25, 0.3) is 0 Å². The Labute approximate surface area is 128 Å². The molecule has 6 heteroatoms. The Balaban J connectivity index is 2.54.